The van der Waals surface area contributed by atoms with Gasteiger partial charge in [0.1, 0.15) is 5.75 Å². The molecule has 3 heteroatoms. The third kappa shape index (κ3) is 1.68. The molecule has 1 saturated carbocycles. The summed E-state index contributed by atoms with van der Waals surface area (Å²) in [7, 11) is 1.69. The van der Waals surface area contributed by atoms with E-state index in [1.54, 1.807) is 7.11 Å². The second-order valence-corrected chi connectivity index (χ2v) is 5.03. The molecule has 1 aromatic carbocycles. The Labute approximate surface area is 98.9 Å². The van der Waals surface area contributed by atoms with E-state index in [0.29, 0.717) is 0 Å². The number of benzene rings is 1. The smallest absolute Gasteiger partial charge is 0.133 e. The molecule has 0 atom stereocenters. The van der Waals surface area contributed by atoms with Crippen molar-refractivity contribution in [3.05, 3.63) is 27.7 Å². The van der Waals surface area contributed by atoms with Crippen molar-refractivity contribution in [1.82, 2.24) is 0 Å². The van der Waals surface area contributed by atoms with E-state index >= 15 is 0 Å². The Bertz CT molecular complexity index is 385. The Hall–Kier alpha value is -0.540. The number of halogens is 1. The van der Waals surface area contributed by atoms with Gasteiger partial charge in [0, 0.05) is 12.0 Å². The molecule has 15 heavy (non-hydrogen) atoms. The van der Waals surface area contributed by atoms with Crippen LogP contribution < -0.4 is 10.5 Å². The Morgan fingerprint density at radius 3 is 2.60 bits per heavy atom. The van der Waals surface area contributed by atoms with Crippen molar-refractivity contribution < 1.29 is 4.74 Å². The first-order valence-corrected chi connectivity index (χ1v) is 5.97. The van der Waals surface area contributed by atoms with Crippen LogP contribution in [0.2, 0.25) is 0 Å². The summed E-state index contributed by atoms with van der Waals surface area (Å²) in [5.74, 6) is 0.893. The van der Waals surface area contributed by atoms with Crippen LogP contribution in [0, 0.1) is 6.92 Å². The fourth-order valence-corrected chi connectivity index (χ4v) is 2.63. The van der Waals surface area contributed by atoms with Gasteiger partial charge in [-0.1, -0.05) is 6.07 Å². The molecule has 1 aliphatic carbocycles. The molecule has 0 spiro atoms. The molecule has 1 aromatic rings. The Balaban J connectivity index is 2.47. The minimum atomic E-state index is 0.249. The van der Waals surface area contributed by atoms with Crippen LogP contribution in [-0.2, 0) is 5.41 Å². The van der Waals surface area contributed by atoms with Gasteiger partial charge in [0.05, 0.1) is 11.6 Å². The number of hydrogen-bond acceptors (Lipinski definition) is 2. The minimum Gasteiger partial charge on any atom is -0.496 e. The molecule has 1 fully saturated rings. The average molecular weight is 270 g/mol. The summed E-state index contributed by atoms with van der Waals surface area (Å²) in [6.45, 7) is 2.87. The number of rotatable bonds is 3. The first-order chi connectivity index (χ1) is 7.14. The second-order valence-electron chi connectivity index (χ2n) is 4.24. The van der Waals surface area contributed by atoms with Gasteiger partial charge in [-0.3, -0.25) is 0 Å². The molecular formula is C12H16BrNO. The molecular weight excluding hydrogens is 254 g/mol. The molecule has 0 heterocycles. The molecule has 0 aliphatic heterocycles. The molecule has 2 nitrogen and oxygen atoms in total. The molecule has 2 N–H and O–H groups in total. The van der Waals surface area contributed by atoms with Gasteiger partial charge in [-0.25, -0.2) is 0 Å². The van der Waals surface area contributed by atoms with Crippen molar-refractivity contribution in [2.45, 2.75) is 25.2 Å². The lowest BCUT2D eigenvalue weighted by atomic mass is 9.92. The van der Waals surface area contributed by atoms with Crippen LogP contribution >= 0.6 is 15.9 Å². The molecule has 0 bridgehead atoms. The largest absolute Gasteiger partial charge is 0.496 e. The molecule has 2 rings (SSSR count). The van der Waals surface area contributed by atoms with Gasteiger partial charge < -0.3 is 10.5 Å². The highest BCUT2D eigenvalue weighted by molar-refractivity contribution is 9.10. The van der Waals surface area contributed by atoms with E-state index in [0.717, 1.165) is 16.8 Å². The lowest BCUT2D eigenvalue weighted by Crippen LogP contribution is -2.20. The summed E-state index contributed by atoms with van der Waals surface area (Å²) in [6.07, 6.45) is 2.42. The van der Waals surface area contributed by atoms with Gasteiger partial charge in [-0.15, -0.1) is 0 Å². The number of ether oxygens (including phenoxy) is 1. The Morgan fingerprint density at radius 2 is 2.13 bits per heavy atom. The van der Waals surface area contributed by atoms with Crippen molar-refractivity contribution in [1.29, 1.82) is 0 Å². The van der Waals surface area contributed by atoms with E-state index in [2.05, 4.69) is 28.9 Å². The molecule has 0 saturated heterocycles. The van der Waals surface area contributed by atoms with Crippen molar-refractivity contribution in [3.8, 4) is 5.75 Å². The second kappa shape index (κ2) is 3.80. The predicted molar refractivity (Wildman–Crippen MR) is 65.4 cm³/mol. The molecule has 0 amide bonds. The first-order valence-electron chi connectivity index (χ1n) is 5.18. The van der Waals surface area contributed by atoms with Crippen molar-refractivity contribution in [3.63, 3.8) is 0 Å². The number of methoxy groups -OCH3 is 1. The number of hydrogen-bond donors (Lipinski definition) is 1. The Kier molecular flexibility index (Phi) is 2.77. The predicted octanol–water partition coefficient (Wildman–Crippen LogP) is 2.76. The zero-order valence-corrected chi connectivity index (χ0v) is 10.7. The van der Waals surface area contributed by atoms with Gasteiger partial charge in [0.15, 0.2) is 0 Å². The minimum absolute atomic E-state index is 0.249. The summed E-state index contributed by atoms with van der Waals surface area (Å²) >= 11 is 3.57. The van der Waals surface area contributed by atoms with E-state index in [9.17, 15) is 0 Å². The molecule has 1 aliphatic rings. The first kappa shape index (κ1) is 11.0. The van der Waals surface area contributed by atoms with Gasteiger partial charge >= 0.3 is 0 Å². The van der Waals surface area contributed by atoms with Crippen LogP contribution in [0.5, 0.6) is 5.75 Å². The maximum atomic E-state index is 5.84. The summed E-state index contributed by atoms with van der Waals surface area (Å²) < 4.78 is 6.33. The van der Waals surface area contributed by atoms with E-state index < -0.39 is 0 Å². The fourth-order valence-electron chi connectivity index (χ4n) is 2.13. The topological polar surface area (TPSA) is 35.2 Å². The van der Waals surface area contributed by atoms with Crippen molar-refractivity contribution in [2.75, 3.05) is 13.7 Å². The summed E-state index contributed by atoms with van der Waals surface area (Å²) in [4.78, 5) is 0. The van der Waals surface area contributed by atoms with Gasteiger partial charge in [0.2, 0.25) is 0 Å². The lowest BCUT2D eigenvalue weighted by Gasteiger charge is -2.18. The zero-order chi connectivity index (χ0) is 11.1. The summed E-state index contributed by atoms with van der Waals surface area (Å²) in [5.41, 5.74) is 8.73. The zero-order valence-electron chi connectivity index (χ0n) is 9.14. The average Bonchev–Trinajstić information content (AvgIpc) is 3.03. The maximum Gasteiger partial charge on any atom is 0.133 e. The molecule has 0 radical (unpaired) electrons. The van der Waals surface area contributed by atoms with Gasteiger partial charge in [-0.2, -0.15) is 0 Å². The quantitative estimate of drug-likeness (QED) is 0.916. The summed E-state index contributed by atoms with van der Waals surface area (Å²) in [5, 5.41) is 0. The SMILES string of the molecule is COc1ccc(C2(CN)CC2)c(C)c1Br. The van der Waals surface area contributed by atoms with Crippen molar-refractivity contribution >= 4 is 15.9 Å². The van der Waals surface area contributed by atoms with Crippen LogP contribution in [0.3, 0.4) is 0 Å². The highest BCUT2D eigenvalue weighted by atomic mass is 79.9. The fraction of sp³-hybridized carbons (Fsp3) is 0.500. The molecule has 0 unspecified atom stereocenters. The van der Waals surface area contributed by atoms with E-state index in [1.165, 1.54) is 24.0 Å². The van der Waals surface area contributed by atoms with Crippen LogP contribution in [0.15, 0.2) is 16.6 Å². The van der Waals surface area contributed by atoms with Crippen LogP contribution in [0.25, 0.3) is 0 Å². The monoisotopic (exact) mass is 269 g/mol. The van der Waals surface area contributed by atoms with E-state index in [-0.39, 0.29) is 5.41 Å². The van der Waals surface area contributed by atoms with Crippen LogP contribution in [0.1, 0.15) is 24.0 Å². The standard InChI is InChI=1S/C12H16BrNO/c1-8-9(12(7-14)5-6-12)3-4-10(15-2)11(8)13/h3-4H,5-7,14H2,1-2H3. The Morgan fingerprint density at radius 1 is 1.47 bits per heavy atom. The van der Waals surface area contributed by atoms with E-state index in [1.807, 2.05) is 6.07 Å². The highest BCUT2D eigenvalue weighted by Crippen LogP contribution is 2.50. The van der Waals surface area contributed by atoms with E-state index in [4.69, 9.17) is 10.5 Å². The van der Waals surface area contributed by atoms with Crippen LogP contribution in [0.4, 0.5) is 0 Å². The molecule has 82 valence electrons. The third-order valence-electron chi connectivity index (χ3n) is 3.39. The van der Waals surface area contributed by atoms with Gasteiger partial charge in [0.25, 0.3) is 0 Å². The maximum absolute atomic E-state index is 5.84. The van der Waals surface area contributed by atoms with Crippen molar-refractivity contribution in [2.24, 2.45) is 5.73 Å². The summed E-state index contributed by atoms with van der Waals surface area (Å²) in [6, 6.07) is 4.17. The van der Waals surface area contributed by atoms with Gasteiger partial charge in [-0.05, 0) is 52.9 Å². The lowest BCUT2D eigenvalue weighted by molar-refractivity contribution is 0.411. The third-order valence-corrected chi connectivity index (χ3v) is 4.37. The molecule has 0 aromatic heterocycles. The normalized spacial score (nSPS) is 17.6. The van der Waals surface area contributed by atoms with Crippen LogP contribution in [-0.4, -0.2) is 13.7 Å². The highest BCUT2D eigenvalue weighted by Gasteiger charge is 2.44. The number of nitrogens with two attached hydrogens (primary N) is 1.